The van der Waals surface area contributed by atoms with Gasteiger partial charge >= 0.3 is 0 Å². The molecule has 3 heteroatoms. The highest BCUT2D eigenvalue weighted by molar-refractivity contribution is 5.56. The third kappa shape index (κ3) is 4.42. The van der Waals surface area contributed by atoms with Crippen molar-refractivity contribution in [2.75, 3.05) is 25.6 Å². The summed E-state index contributed by atoms with van der Waals surface area (Å²) in [6, 6.07) is 16.2. The van der Waals surface area contributed by atoms with Crippen LogP contribution < -0.4 is 14.8 Å². The third-order valence-corrected chi connectivity index (χ3v) is 3.51. The summed E-state index contributed by atoms with van der Waals surface area (Å²) in [6.07, 6.45) is 0. The van der Waals surface area contributed by atoms with Gasteiger partial charge in [0.25, 0.3) is 0 Å². The van der Waals surface area contributed by atoms with Crippen LogP contribution in [0, 0.1) is 0 Å². The second-order valence-corrected chi connectivity index (χ2v) is 6.25. The van der Waals surface area contributed by atoms with E-state index in [1.807, 2.05) is 36.4 Å². The molecule has 0 aliphatic rings. The lowest BCUT2D eigenvalue weighted by Crippen LogP contribution is -2.13. The Morgan fingerprint density at radius 2 is 1.64 bits per heavy atom. The molecule has 0 unspecified atom stereocenters. The van der Waals surface area contributed by atoms with Crippen LogP contribution in [-0.2, 0) is 5.41 Å². The minimum Gasteiger partial charge on any atom is -0.495 e. The summed E-state index contributed by atoms with van der Waals surface area (Å²) in [5.74, 6) is 1.74. The van der Waals surface area contributed by atoms with E-state index in [2.05, 4.69) is 38.2 Å². The van der Waals surface area contributed by atoms with Gasteiger partial charge in [-0.1, -0.05) is 45.0 Å². The largest absolute Gasteiger partial charge is 0.495 e. The van der Waals surface area contributed by atoms with Crippen LogP contribution in [0.15, 0.2) is 48.5 Å². The Morgan fingerprint density at radius 1 is 0.955 bits per heavy atom. The molecule has 0 spiro atoms. The summed E-state index contributed by atoms with van der Waals surface area (Å²) in [6.45, 7) is 7.95. The Kier molecular flexibility index (Phi) is 5.31. The van der Waals surface area contributed by atoms with Gasteiger partial charge in [-0.05, 0) is 35.2 Å². The molecule has 3 nitrogen and oxygen atoms in total. The highest BCUT2D eigenvalue weighted by Crippen LogP contribution is 2.24. The predicted octanol–water partition coefficient (Wildman–Crippen LogP) is 4.48. The molecule has 0 bridgehead atoms. The maximum Gasteiger partial charge on any atom is 0.141 e. The maximum atomic E-state index is 5.77. The van der Waals surface area contributed by atoms with Crippen LogP contribution in [0.5, 0.6) is 11.5 Å². The third-order valence-electron chi connectivity index (χ3n) is 3.51. The predicted molar refractivity (Wildman–Crippen MR) is 92.1 cm³/mol. The number of nitrogens with one attached hydrogen (secondary N) is 1. The number of ether oxygens (including phenoxy) is 2. The van der Waals surface area contributed by atoms with E-state index in [1.54, 1.807) is 7.11 Å². The Balaban J connectivity index is 1.82. The zero-order valence-electron chi connectivity index (χ0n) is 13.8. The standard InChI is InChI=1S/C19H25NO2/c1-19(2,3)15-9-11-16(12-10-15)22-14-13-20-17-7-5-6-8-18(17)21-4/h5-12,20H,13-14H2,1-4H3. The molecule has 0 atom stereocenters. The molecule has 0 aliphatic carbocycles. The molecule has 0 fully saturated rings. The molecule has 22 heavy (non-hydrogen) atoms. The van der Waals surface area contributed by atoms with Crippen LogP contribution in [-0.4, -0.2) is 20.3 Å². The lowest BCUT2D eigenvalue weighted by atomic mass is 9.87. The number of benzene rings is 2. The Bertz CT molecular complexity index is 585. The summed E-state index contributed by atoms with van der Waals surface area (Å²) in [5, 5.41) is 3.32. The summed E-state index contributed by atoms with van der Waals surface area (Å²) < 4.78 is 11.1. The van der Waals surface area contributed by atoms with Gasteiger partial charge in [0.05, 0.1) is 12.8 Å². The van der Waals surface area contributed by atoms with Crippen LogP contribution in [0.2, 0.25) is 0 Å². The smallest absolute Gasteiger partial charge is 0.141 e. The molecule has 0 amide bonds. The van der Waals surface area contributed by atoms with Crippen molar-refractivity contribution in [3.8, 4) is 11.5 Å². The van der Waals surface area contributed by atoms with Gasteiger partial charge in [0, 0.05) is 6.54 Å². The molecule has 1 N–H and O–H groups in total. The van der Waals surface area contributed by atoms with Crippen LogP contribution >= 0.6 is 0 Å². The second-order valence-electron chi connectivity index (χ2n) is 6.25. The van der Waals surface area contributed by atoms with Crippen molar-refractivity contribution in [1.29, 1.82) is 0 Å². The molecule has 2 rings (SSSR count). The molecule has 0 aromatic heterocycles. The monoisotopic (exact) mass is 299 g/mol. The van der Waals surface area contributed by atoms with Gasteiger partial charge in [0.15, 0.2) is 0 Å². The highest BCUT2D eigenvalue weighted by atomic mass is 16.5. The van der Waals surface area contributed by atoms with Crippen molar-refractivity contribution < 1.29 is 9.47 Å². The molecule has 0 saturated carbocycles. The van der Waals surface area contributed by atoms with Crippen LogP contribution in [0.3, 0.4) is 0 Å². The van der Waals surface area contributed by atoms with Gasteiger partial charge in [-0.15, -0.1) is 0 Å². The number of anilines is 1. The number of methoxy groups -OCH3 is 1. The fraction of sp³-hybridized carbons (Fsp3) is 0.368. The van der Waals surface area contributed by atoms with Gasteiger partial charge in [-0.2, -0.15) is 0 Å². The zero-order chi connectivity index (χ0) is 16.0. The van der Waals surface area contributed by atoms with Gasteiger partial charge < -0.3 is 14.8 Å². The second kappa shape index (κ2) is 7.21. The maximum absolute atomic E-state index is 5.77. The lowest BCUT2D eigenvalue weighted by molar-refractivity contribution is 0.332. The topological polar surface area (TPSA) is 30.5 Å². The molecular formula is C19H25NO2. The van der Waals surface area contributed by atoms with Gasteiger partial charge in [-0.25, -0.2) is 0 Å². The van der Waals surface area contributed by atoms with Crippen molar-refractivity contribution >= 4 is 5.69 Å². The fourth-order valence-corrected chi connectivity index (χ4v) is 2.20. The fourth-order valence-electron chi connectivity index (χ4n) is 2.20. The van der Waals surface area contributed by atoms with Crippen LogP contribution in [0.4, 0.5) is 5.69 Å². The summed E-state index contributed by atoms with van der Waals surface area (Å²) in [5.41, 5.74) is 2.47. The lowest BCUT2D eigenvalue weighted by Gasteiger charge is -2.19. The van der Waals surface area contributed by atoms with E-state index in [9.17, 15) is 0 Å². The molecule has 2 aromatic carbocycles. The van der Waals surface area contributed by atoms with Crippen molar-refractivity contribution in [3.05, 3.63) is 54.1 Å². The number of hydrogen-bond acceptors (Lipinski definition) is 3. The number of rotatable bonds is 6. The van der Waals surface area contributed by atoms with Crippen LogP contribution in [0.25, 0.3) is 0 Å². The first-order valence-corrected chi connectivity index (χ1v) is 7.61. The van der Waals surface area contributed by atoms with E-state index in [0.29, 0.717) is 6.61 Å². The zero-order valence-corrected chi connectivity index (χ0v) is 13.8. The molecular weight excluding hydrogens is 274 g/mol. The molecule has 0 aliphatic heterocycles. The molecule has 118 valence electrons. The Labute approximate surface area is 133 Å². The Morgan fingerprint density at radius 3 is 2.27 bits per heavy atom. The normalized spacial score (nSPS) is 11.1. The van der Waals surface area contributed by atoms with E-state index >= 15 is 0 Å². The van der Waals surface area contributed by atoms with Gasteiger partial charge in [0.1, 0.15) is 18.1 Å². The first kappa shape index (κ1) is 16.2. The van der Waals surface area contributed by atoms with Gasteiger partial charge in [-0.3, -0.25) is 0 Å². The van der Waals surface area contributed by atoms with Crippen molar-refractivity contribution in [2.24, 2.45) is 0 Å². The summed E-state index contributed by atoms with van der Waals surface area (Å²) >= 11 is 0. The minimum absolute atomic E-state index is 0.171. The van der Waals surface area contributed by atoms with E-state index < -0.39 is 0 Å². The summed E-state index contributed by atoms with van der Waals surface area (Å²) in [7, 11) is 1.67. The van der Waals surface area contributed by atoms with Crippen LogP contribution in [0.1, 0.15) is 26.3 Å². The van der Waals surface area contributed by atoms with E-state index in [-0.39, 0.29) is 5.41 Å². The molecule has 0 saturated heterocycles. The highest BCUT2D eigenvalue weighted by Gasteiger charge is 2.12. The van der Waals surface area contributed by atoms with Crippen molar-refractivity contribution in [2.45, 2.75) is 26.2 Å². The number of para-hydroxylation sites is 2. The first-order chi connectivity index (χ1) is 10.5. The Hall–Kier alpha value is -2.16. The SMILES string of the molecule is COc1ccccc1NCCOc1ccc(C(C)(C)C)cc1. The minimum atomic E-state index is 0.171. The van der Waals surface area contributed by atoms with E-state index in [1.165, 1.54) is 5.56 Å². The van der Waals surface area contributed by atoms with E-state index in [0.717, 1.165) is 23.7 Å². The molecule has 2 aromatic rings. The van der Waals surface area contributed by atoms with Crippen molar-refractivity contribution in [1.82, 2.24) is 0 Å². The van der Waals surface area contributed by atoms with E-state index in [4.69, 9.17) is 9.47 Å². The quantitative estimate of drug-likeness (QED) is 0.798. The summed E-state index contributed by atoms with van der Waals surface area (Å²) in [4.78, 5) is 0. The number of hydrogen-bond donors (Lipinski definition) is 1. The molecule has 0 heterocycles. The average Bonchev–Trinajstić information content (AvgIpc) is 2.51. The average molecular weight is 299 g/mol. The van der Waals surface area contributed by atoms with Crippen molar-refractivity contribution in [3.63, 3.8) is 0 Å². The first-order valence-electron chi connectivity index (χ1n) is 7.61. The molecule has 0 radical (unpaired) electrons. The van der Waals surface area contributed by atoms with Gasteiger partial charge in [0.2, 0.25) is 0 Å².